The molecule has 0 bridgehead atoms. The molecule has 0 saturated heterocycles. The minimum Gasteiger partial charge on any atom is -0.282 e. The van der Waals surface area contributed by atoms with Crippen LogP contribution in [0.25, 0.3) is 89.3 Å². The molecule has 0 saturated carbocycles. The second-order valence-electron chi connectivity index (χ2n) is 29.1. The van der Waals surface area contributed by atoms with Crippen LogP contribution in [0.15, 0.2) is 277 Å². The Balaban J connectivity index is 0.594. The van der Waals surface area contributed by atoms with Gasteiger partial charge in [0, 0.05) is 83.3 Å². The number of carbonyl (C=O) groups excluding carboxylic acids is 8. The predicted molar refractivity (Wildman–Crippen MR) is 438 cm³/mol. The summed E-state index contributed by atoms with van der Waals surface area (Å²) in [5.41, 5.74) is 9.02. The SMILES string of the molecule is NOS(=O)(=O)c1cc(N2C(=O)c3ccc4c5c(ccc(c35)C2=O)C(=O)N(c2cc(C3C(c5ccccc5)=Cc5ccccc53)cc(C3C(c5ccccc5)=Cc5ccccc53)c2)C4=O)ccc1/C=C/c1ccc(N2C(=O)c3ccc4c5c(ccc(c35)C2=O)C(=O)N(c2ccc3ccc5cccc6ccc2c3c56)C4=O)cc1S(=O)(=O)O. The van der Waals surface area contributed by atoms with Crippen LogP contribution in [0.3, 0.4) is 0 Å². The van der Waals surface area contributed by atoms with Gasteiger partial charge < -0.3 is 0 Å². The standard InChI is InChI=1S/C94H53N5O14S2/c95-113-115(111,112)78-48-61(31-27-52(78)23-22-51-26-30-60(47-77(51)114(108,109)110)96-87(100)68-37-39-72-86-73(40-38-69(84(68)86)88(96)101)94(107)99(93(72)106)76-41-29-55-25-24-53-18-11-19-54-28-32-65(76)82(55)79(53)54)97-89(102)66-33-35-70-85-71(36-34-67(83(66)85)90(97)103)92(105)98(91(70)104)62-43-58(80-63-20-9-7-16-56(63)45-74(80)49-12-3-1-4-13-49)42-59(44-62)81-64-21-10-8-17-57(64)46-75(81)50-14-5-2-6-15-50/h1-48,80-81H,95H2,(H,108,109,110)/b23-22+. The molecule has 4 heterocycles. The maximum atomic E-state index is 15.7. The lowest BCUT2D eigenvalue weighted by Crippen LogP contribution is -2.43. The van der Waals surface area contributed by atoms with Crippen molar-refractivity contribution in [3.05, 3.63) is 367 Å². The van der Waals surface area contributed by atoms with Gasteiger partial charge in [-0.3, -0.25) is 42.9 Å². The minimum atomic E-state index is -5.27. The number of benzene rings is 15. The van der Waals surface area contributed by atoms with Gasteiger partial charge in [0.1, 0.15) is 9.79 Å². The van der Waals surface area contributed by atoms with E-state index in [0.717, 1.165) is 128 Å². The molecular formula is C94H53N5O14S2. The van der Waals surface area contributed by atoms with Crippen LogP contribution in [0.5, 0.6) is 0 Å². The van der Waals surface area contributed by atoms with E-state index < -0.39 is 77.3 Å². The van der Waals surface area contributed by atoms with E-state index in [-0.39, 0.29) is 100 Å². The number of carbonyl (C=O) groups is 8. The second kappa shape index (κ2) is 25.0. The quantitative estimate of drug-likeness (QED) is 0.0357. The fraction of sp³-hybridized carbons (Fsp3) is 0.0213. The predicted octanol–water partition coefficient (Wildman–Crippen LogP) is 17.5. The fourth-order valence-electron chi connectivity index (χ4n) is 18.1. The summed E-state index contributed by atoms with van der Waals surface area (Å²) in [6.07, 6.45) is 6.57. The Morgan fingerprint density at radius 3 is 1.12 bits per heavy atom. The molecule has 3 N–H and O–H groups in total. The average molecular weight is 1540 g/mol. The molecule has 0 radical (unpaired) electrons. The molecule has 550 valence electrons. The topological polar surface area (TPSA) is 273 Å². The van der Waals surface area contributed by atoms with Crippen LogP contribution in [0.1, 0.15) is 150 Å². The number of hydrogen-bond donors (Lipinski definition) is 2. The molecule has 21 rings (SSSR count). The molecule has 0 spiro atoms. The zero-order valence-corrected chi connectivity index (χ0v) is 61.4. The van der Waals surface area contributed by atoms with Crippen LogP contribution in [0.2, 0.25) is 0 Å². The summed E-state index contributed by atoms with van der Waals surface area (Å²) in [7, 11) is -10.3. The van der Waals surface area contributed by atoms with Gasteiger partial charge in [-0.05, 0) is 197 Å². The van der Waals surface area contributed by atoms with Crippen LogP contribution in [0, 0.1) is 0 Å². The molecule has 15 aromatic carbocycles. The molecule has 21 heteroatoms. The van der Waals surface area contributed by atoms with Crippen molar-refractivity contribution in [1.82, 2.24) is 0 Å². The Morgan fingerprint density at radius 2 is 0.696 bits per heavy atom. The van der Waals surface area contributed by atoms with Gasteiger partial charge in [-0.2, -0.15) is 27.0 Å². The Bertz CT molecular complexity index is 7200. The maximum Gasteiger partial charge on any atom is 0.313 e. The normalized spacial score (nSPS) is 16.4. The van der Waals surface area contributed by atoms with Gasteiger partial charge >= 0.3 is 10.1 Å². The van der Waals surface area contributed by atoms with Gasteiger partial charge in [-0.1, -0.05) is 188 Å². The highest BCUT2D eigenvalue weighted by Crippen LogP contribution is 2.53. The van der Waals surface area contributed by atoms with Crippen molar-refractivity contribution >= 4 is 180 Å². The molecule has 19 nitrogen and oxygen atoms in total. The van der Waals surface area contributed by atoms with E-state index >= 15 is 19.2 Å². The number of amides is 8. The summed E-state index contributed by atoms with van der Waals surface area (Å²) in [5, 5.41) is 5.57. The first-order valence-electron chi connectivity index (χ1n) is 36.6. The fourth-order valence-corrected chi connectivity index (χ4v) is 19.6. The van der Waals surface area contributed by atoms with Gasteiger partial charge in [0.25, 0.3) is 57.4 Å². The summed E-state index contributed by atoms with van der Waals surface area (Å²) < 4.78 is 70.1. The van der Waals surface area contributed by atoms with Gasteiger partial charge in [-0.15, -0.1) is 0 Å². The molecule has 4 aliphatic heterocycles. The first-order valence-corrected chi connectivity index (χ1v) is 39.4. The molecule has 115 heavy (non-hydrogen) atoms. The zero-order chi connectivity index (χ0) is 78.5. The van der Waals surface area contributed by atoms with Crippen molar-refractivity contribution in [2.24, 2.45) is 5.90 Å². The molecule has 2 atom stereocenters. The zero-order valence-electron chi connectivity index (χ0n) is 59.8. The van der Waals surface area contributed by atoms with Crippen LogP contribution < -0.4 is 25.5 Å². The van der Waals surface area contributed by atoms with Gasteiger partial charge in [0.2, 0.25) is 0 Å². The van der Waals surface area contributed by atoms with E-state index in [2.05, 4.69) is 71.0 Å². The highest BCUT2D eigenvalue weighted by molar-refractivity contribution is 7.86. The van der Waals surface area contributed by atoms with Crippen LogP contribution in [-0.4, -0.2) is 68.6 Å². The molecule has 2 aliphatic carbocycles. The lowest BCUT2D eigenvalue weighted by Gasteiger charge is -2.33. The number of allylic oxidation sites excluding steroid dienone is 2. The van der Waals surface area contributed by atoms with E-state index in [0.29, 0.717) is 21.7 Å². The minimum absolute atomic E-state index is 0.0228. The third-order valence-electron chi connectivity index (χ3n) is 23.1. The van der Waals surface area contributed by atoms with E-state index in [4.69, 9.17) is 5.90 Å². The number of imide groups is 4. The summed E-state index contributed by atoms with van der Waals surface area (Å²) in [6, 6.07) is 77.4. The monoisotopic (exact) mass is 1540 g/mol. The Hall–Kier alpha value is -14.6. The van der Waals surface area contributed by atoms with Crippen LogP contribution in [0.4, 0.5) is 22.7 Å². The van der Waals surface area contributed by atoms with Crippen molar-refractivity contribution < 1.29 is 64.0 Å². The first-order chi connectivity index (χ1) is 55.7. The molecular weight excluding hydrogens is 1490 g/mol. The van der Waals surface area contributed by atoms with Crippen molar-refractivity contribution in [3.8, 4) is 0 Å². The number of nitrogens with two attached hydrogens (primary N) is 1. The van der Waals surface area contributed by atoms with Crippen LogP contribution in [-0.2, 0) is 24.5 Å². The van der Waals surface area contributed by atoms with E-state index in [9.17, 15) is 40.6 Å². The Labute approximate surface area is 653 Å². The molecule has 8 amide bonds. The molecule has 0 aromatic heterocycles. The summed E-state index contributed by atoms with van der Waals surface area (Å²) >= 11 is 0. The van der Waals surface area contributed by atoms with Crippen molar-refractivity contribution in [2.45, 2.75) is 21.6 Å². The highest BCUT2D eigenvalue weighted by atomic mass is 32.2. The first kappa shape index (κ1) is 68.4. The second-order valence-corrected chi connectivity index (χ2v) is 32.0. The van der Waals surface area contributed by atoms with Gasteiger partial charge in [0.05, 0.1) is 22.7 Å². The molecule has 15 aromatic rings. The highest BCUT2D eigenvalue weighted by Gasteiger charge is 2.45. The average Bonchev–Trinajstić information content (AvgIpc) is 1.33. The van der Waals surface area contributed by atoms with Gasteiger partial charge in [0.15, 0.2) is 0 Å². The summed E-state index contributed by atoms with van der Waals surface area (Å²) in [5.74, 6) is -1.93. The maximum absolute atomic E-state index is 15.7. The number of hydrogen-bond acceptors (Lipinski definition) is 14. The Kier molecular flexibility index (Phi) is 14.9. The van der Waals surface area contributed by atoms with E-state index in [1.54, 1.807) is 6.07 Å². The van der Waals surface area contributed by atoms with E-state index in [1.807, 2.05) is 121 Å². The largest absolute Gasteiger partial charge is 0.313 e. The Morgan fingerprint density at radius 1 is 0.330 bits per heavy atom. The lowest BCUT2D eigenvalue weighted by atomic mass is 9.80. The summed E-state index contributed by atoms with van der Waals surface area (Å²) in [6.45, 7) is 0. The van der Waals surface area contributed by atoms with Crippen molar-refractivity contribution in [1.29, 1.82) is 0 Å². The number of fused-ring (bicyclic) bond motifs is 2. The number of rotatable bonds is 13. The lowest BCUT2D eigenvalue weighted by molar-refractivity contribution is 0.0873. The molecule has 0 fully saturated rings. The van der Waals surface area contributed by atoms with Crippen LogP contribution >= 0.6 is 0 Å². The van der Waals surface area contributed by atoms with E-state index in [1.165, 1.54) is 66.7 Å². The van der Waals surface area contributed by atoms with Crippen molar-refractivity contribution in [3.63, 3.8) is 0 Å². The van der Waals surface area contributed by atoms with Crippen molar-refractivity contribution in [2.75, 3.05) is 19.6 Å². The number of anilines is 4. The number of nitrogens with zero attached hydrogens (tertiary/aromatic N) is 4. The van der Waals surface area contributed by atoms with Gasteiger partial charge in [-0.25, -0.2) is 19.6 Å². The third kappa shape index (κ3) is 10.0. The molecule has 2 unspecified atom stereocenters. The smallest absolute Gasteiger partial charge is 0.282 e. The third-order valence-corrected chi connectivity index (χ3v) is 25.2. The molecule has 6 aliphatic rings. The summed E-state index contributed by atoms with van der Waals surface area (Å²) in [4.78, 5) is 123.